The predicted octanol–water partition coefficient (Wildman–Crippen LogP) is 3.48. The highest BCUT2D eigenvalue weighted by Crippen LogP contribution is 2.42. The first-order chi connectivity index (χ1) is 14.4. The molecule has 0 saturated heterocycles. The molecule has 2 unspecified atom stereocenters. The zero-order valence-electron chi connectivity index (χ0n) is 15.5. The Morgan fingerprint density at radius 2 is 1.77 bits per heavy atom. The van der Waals surface area contributed by atoms with Crippen LogP contribution in [0.15, 0.2) is 67.0 Å². The van der Waals surface area contributed by atoms with E-state index in [4.69, 9.17) is 0 Å². The lowest BCUT2D eigenvalue weighted by molar-refractivity contribution is -0.394. The summed E-state index contributed by atoms with van der Waals surface area (Å²) in [6.07, 6.45) is 3.04. The second kappa shape index (κ2) is 7.66. The number of aromatic nitrogens is 3. The molecule has 0 N–H and O–H groups in total. The first-order valence-corrected chi connectivity index (χ1v) is 9.04. The van der Waals surface area contributed by atoms with Gasteiger partial charge in [-0.2, -0.15) is 4.68 Å². The molecule has 150 valence electrons. The van der Waals surface area contributed by atoms with E-state index in [9.17, 15) is 25.0 Å². The second-order valence-corrected chi connectivity index (χ2v) is 6.83. The highest BCUT2D eigenvalue weighted by molar-refractivity contribution is 6.02. The Hall–Kier alpha value is -4.21. The van der Waals surface area contributed by atoms with E-state index in [1.165, 1.54) is 22.9 Å². The summed E-state index contributed by atoms with van der Waals surface area (Å²) in [6, 6.07) is 14.5. The Labute approximate surface area is 169 Å². The molecule has 0 bridgehead atoms. The summed E-state index contributed by atoms with van der Waals surface area (Å²) >= 11 is 0. The highest BCUT2D eigenvalue weighted by Gasteiger charge is 2.38. The third-order valence-electron chi connectivity index (χ3n) is 5.03. The Morgan fingerprint density at radius 1 is 1.00 bits per heavy atom. The summed E-state index contributed by atoms with van der Waals surface area (Å²) in [7, 11) is 0. The number of ketones is 1. The van der Waals surface area contributed by atoms with Crippen LogP contribution in [-0.2, 0) is 4.79 Å². The van der Waals surface area contributed by atoms with Crippen molar-refractivity contribution < 1.29 is 14.6 Å². The molecular formula is C20H15N5O5. The van der Waals surface area contributed by atoms with Gasteiger partial charge in [-0.1, -0.05) is 47.4 Å². The molecule has 0 radical (unpaired) electrons. The molecule has 1 aliphatic carbocycles. The van der Waals surface area contributed by atoms with Crippen molar-refractivity contribution in [1.29, 1.82) is 0 Å². The maximum absolute atomic E-state index is 13.1. The summed E-state index contributed by atoms with van der Waals surface area (Å²) in [4.78, 5) is 37.7. The van der Waals surface area contributed by atoms with Crippen molar-refractivity contribution in [3.05, 3.63) is 98.4 Å². The van der Waals surface area contributed by atoms with Gasteiger partial charge in [0.25, 0.3) is 5.69 Å². The summed E-state index contributed by atoms with van der Waals surface area (Å²) in [5.74, 6) is -1.44. The van der Waals surface area contributed by atoms with E-state index in [1.807, 2.05) is 30.3 Å². The van der Waals surface area contributed by atoms with Crippen LogP contribution in [0.1, 0.15) is 29.5 Å². The van der Waals surface area contributed by atoms with Gasteiger partial charge in [0.05, 0.1) is 4.92 Å². The van der Waals surface area contributed by atoms with Crippen LogP contribution < -0.4 is 0 Å². The second-order valence-electron chi connectivity index (χ2n) is 6.83. The van der Waals surface area contributed by atoms with Crippen molar-refractivity contribution in [2.24, 2.45) is 0 Å². The largest absolute Gasteiger partial charge is 0.490 e. The molecule has 0 amide bonds. The molecule has 0 aliphatic heterocycles. The molecule has 0 saturated carbocycles. The number of allylic oxidation sites excluding steroid dienone is 2. The van der Waals surface area contributed by atoms with Crippen molar-refractivity contribution in [1.82, 2.24) is 14.8 Å². The predicted molar refractivity (Wildman–Crippen MR) is 106 cm³/mol. The fourth-order valence-electron chi connectivity index (χ4n) is 3.68. The summed E-state index contributed by atoms with van der Waals surface area (Å²) in [5.41, 5.74) is 2.12. The standard InChI is InChI=1S/C20H15N5O5/c26-18-11-15(13-5-2-1-3-6-13)10-17(14-7-4-8-16(9-14)24(27)28)19(18)23-12-21-20(22-23)25(29)30/h1-9,11-12,17,19H,10H2. The minimum atomic E-state index is -0.902. The number of nitro groups is 2. The van der Waals surface area contributed by atoms with Crippen molar-refractivity contribution in [2.75, 3.05) is 0 Å². The molecule has 4 rings (SSSR count). The van der Waals surface area contributed by atoms with Gasteiger partial charge < -0.3 is 10.1 Å². The van der Waals surface area contributed by atoms with E-state index in [-0.39, 0.29) is 11.5 Å². The first-order valence-electron chi connectivity index (χ1n) is 9.04. The molecule has 10 nitrogen and oxygen atoms in total. The van der Waals surface area contributed by atoms with Crippen LogP contribution in [0.2, 0.25) is 0 Å². The van der Waals surface area contributed by atoms with Gasteiger partial charge >= 0.3 is 5.95 Å². The van der Waals surface area contributed by atoms with Gasteiger partial charge in [-0.05, 0) is 34.1 Å². The molecule has 1 heterocycles. The molecular weight excluding hydrogens is 390 g/mol. The Morgan fingerprint density at radius 3 is 2.43 bits per heavy atom. The van der Waals surface area contributed by atoms with Crippen LogP contribution in [0, 0.1) is 20.2 Å². The minimum Gasteiger partial charge on any atom is -0.390 e. The van der Waals surface area contributed by atoms with Crippen molar-refractivity contribution >= 4 is 23.0 Å². The minimum absolute atomic E-state index is 0.0981. The number of carbonyl (C=O) groups is 1. The number of benzene rings is 2. The summed E-state index contributed by atoms with van der Waals surface area (Å²) in [6.45, 7) is 0. The molecule has 30 heavy (non-hydrogen) atoms. The Bertz CT molecular complexity index is 1170. The lowest BCUT2D eigenvalue weighted by Crippen LogP contribution is -2.29. The van der Waals surface area contributed by atoms with Crippen LogP contribution in [-0.4, -0.2) is 30.4 Å². The maximum Gasteiger partial charge on any atom is 0.490 e. The number of carbonyl (C=O) groups excluding carboxylic acids is 1. The van der Waals surface area contributed by atoms with E-state index in [0.717, 1.165) is 17.5 Å². The Kier molecular flexibility index (Phi) is 4.88. The SMILES string of the molecule is O=C1C=C(c2ccccc2)CC(c2cccc([N+](=O)[O-])c2)C1n1cnc([N+](=O)[O-])n1. The molecule has 2 aromatic carbocycles. The average Bonchev–Trinajstić information content (AvgIpc) is 3.24. The molecule has 10 heteroatoms. The number of hydrogen-bond donors (Lipinski definition) is 0. The van der Waals surface area contributed by atoms with Gasteiger partial charge in [0.2, 0.25) is 6.33 Å². The topological polar surface area (TPSA) is 134 Å². The molecule has 3 aromatic rings. The smallest absolute Gasteiger partial charge is 0.390 e. The highest BCUT2D eigenvalue weighted by atomic mass is 16.6. The van der Waals surface area contributed by atoms with Gasteiger partial charge in [0.15, 0.2) is 5.78 Å². The number of non-ortho nitro benzene ring substituents is 1. The molecule has 0 fully saturated rings. The van der Waals surface area contributed by atoms with Crippen molar-refractivity contribution in [3.63, 3.8) is 0 Å². The molecule has 0 spiro atoms. The fourth-order valence-corrected chi connectivity index (χ4v) is 3.68. The van der Waals surface area contributed by atoms with Crippen molar-refractivity contribution in [3.8, 4) is 0 Å². The van der Waals surface area contributed by atoms with E-state index in [2.05, 4.69) is 10.1 Å². The van der Waals surface area contributed by atoms with E-state index < -0.39 is 27.8 Å². The zero-order valence-corrected chi connectivity index (χ0v) is 15.5. The zero-order chi connectivity index (χ0) is 21.3. The average molecular weight is 405 g/mol. The van der Waals surface area contributed by atoms with Crippen LogP contribution in [0.4, 0.5) is 11.6 Å². The molecule has 2 atom stereocenters. The number of hydrogen-bond acceptors (Lipinski definition) is 7. The van der Waals surface area contributed by atoms with Crippen molar-refractivity contribution in [2.45, 2.75) is 18.4 Å². The molecule has 1 aromatic heterocycles. The lowest BCUT2D eigenvalue weighted by atomic mass is 9.77. The maximum atomic E-state index is 13.1. The summed E-state index contributed by atoms with van der Waals surface area (Å²) in [5, 5.41) is 26.1. The van der Waals surface area contributed by atoms with Gasteiger partial charge in [0.1, 0.15) is 6.04 Å². The monoisotopic (exact) mass is 405 g/mol. The van der Waals surface area contributed by atoms with Gasteiger partial charge in [0, 0.05) is 23.1 Å². The van der Waals surface area contributed by atoms with Gasteiger partial charge in [-0.25, -0.2) is 0 Å². The van der Waals surface area contributed by atoms with Crippen LogP contribution in [0.25, 0.3) is 5.57 Å². The first kappa shape index (κ1) is 19.1. The third-order valence-corrected chi connectivity index (χ3v) is 5.03. The van der Waals surface area contributed by atoms with Crippen LogP contribution in [0.3, 0.4) is 0 Å². The fraction of sp³-hybridized carbons (Fsp3) is 0.150. The lowest BCUT2D eigenvalue weighted by Gasteiger charge is -2.29. The van der Waals surface area contributed by atoms with E-state index >= 15 is 0 Å². The van der Waals surface area contributed by atoms with Crippen LogP contribution >= 0.6 is 0 Å². The van der Waals surface area contributed by atoms with Gasteiger partial charge in [-0.3, -0.25) is 14.9 Å². The van der Waals surface area contributed by atoms with E-state index in [0.29, 0.717) is 12.0 Å². The normalized spacial score (nSPS) is 18.7. The molecule has 1 aliphatic rings. The number of rotatable bonds is 5. The third kappa shape index (κ3) is 3.58. The quantitative estimate of drug-likeness (QED) is 0.468. The van der Waals surface area contributed by atoms with E-state index in [1.54, 1.807) is 12.1 Å². The number of nitro benzene ring substituents is 1. The van der Waals surface area contributed by atoms with Crippen LogP contribution in [0.5, 0.6) is 0 Å². The number of nitrogens with zero attached hydrogens (tertiary/aromatic N) is 5. The van der Waals surface area contributed by atoms with Gasteiger partial charge in [-0.15, -0.1) is 0 Å². The Balaban J connectivity index is 1.82. The summed E-state index contributed by atoms with van der Waals surface area (Å²) < 4.78 is 1.17.